The Morgan fingerprint density at radius 1 is 1.10 bits per heavy atom. The number of methoxy groups -OCH3 is 1. The average molecular weight is 402 g/mol. The summed E-state index contributed by atoms with van der Waals surface area (Å²) in [6.45, 7) is 1.44. The third-order valence-corrected chi connectivity index (χ3v) is 5.19. The fourth-order valence-electron chi connectivity index (χ4n) is 3.57. The minimum Gasteiger partial charge on any atom is -0.489 e. The molecule has 1 aliphatic rings. The van der Waals surface area contributed by atoms with Gasteiger partial charge in [0.2, 0.25) is 0 Å². The lowest BCUT2D eigenvalue weighted by Crippen LogP contribution is -2.37. The summed E-state index contributed by atoms with van der Waals surface area (Å²) in [6.07, 6.45) is 4.27. The summed E-state index contributed by atoms with van der Waals surface area (Å²) in [5, 5.41) is 0. The molecule has 0 saturated heterocycles. The molecule has 2 aromatic carbocycles. The van der Waals surface area contributed by atoms with Gasteiger partial charge in [-0.2, -0.15) is 0 Å². The number of hydrogen-bond donors (Lipinski definition) is 0. The minimum absolute atomic E-state index is 0.00604. The number of pyridine rings is 1. The second-order valence-corrected chi connectivity index (χ2v) is 7.09. The number of carbonyl (C=O) groups is 2. The molecule has 2 heterocycles. The molecule has 3 aromatic rings. The molecule has 1 amide bonds. The van der Waals surface area contributed by atoms with Crippen molar-refractivity contribution in [2.75, 3.05) is 13.7 Å². The molecule has 0 atom stereocenters. The van der Waals surface area contributed by atoms with Gasteiger partial charge < -0.3 is 14.4 Å². The predicted octanol–water partition coefficient (Wildman–Crippen LogP) is 3.65. The van der Waals surface area contributed by atoms with E-state index in [2.05, 4.69) is 4.98 Å². The third kappa shape index (κ3) is 4.17. The van der Waals surface area contributed by atoms with Crippen molar-refractivity contribution in [2.24, 2.45) is 0 Å². The van der Waals surface area contributed by atoms with E-state index >= 15 is 0 Å². The summed E-state index contributed by atoms with van der Waals surface area (Å²) in [6, 6.07) is 16.6. The van der Waals surface area contributed by atoms with E-state index in [0.29, 0.717) is 30.0 Å². The monoisotopic (exact) mass is 402 g/mol. The maximum absolute atomic E-state index is 13.0. The van der Waals surface area contributed by atoms with E-state index in [1.54, 1.807) is 30.6 Å². The van der Waals surface area contributed by atoms with Gasteiger partial charge in [-0.05, 0) is 47.9 Å². The SMILES string of the molecule is COC(=O)c1ccccc1COc1ccc2c(c1)C(=O)N(Cc1ccncc1)CC2. The van der Waals surface area contributed by atoms with Gasteiger partial charge in [-0.1, -0.05) is 24.3 Å². The molecule has 6 nitrogen and oxygen atoms in total. The van der Waals surface area contributed by atoms with Gasteiger partial charge in [0.05, 0.1) is 12.7 Å². The highest BCUT2D eigenvalue weighted by molar-refractivity contribution is 5.97. The fraction of sp³-hybridized carbons (Fsp3) is 0.208. The standard InChI is InChI=1S/C24H22N2O4/c1-29-24(28)21-5-3-2-4-19(21)16-30-20-7-6-18-10-13-26(23(27)22(18)14-20)15-17-8-11-25-12-9-17/h2-9,11-12,14H,10,13,15-16H2,1H3. The van der Waals surface area contributed by atoms with Crippen LogP contribution in [0.4, 0.5) is 0 Å². The predicted molar refractivity (Wildman–Crippen MR) is 111 cm³/mol. The lowest BCUT2D eigenvalue weighted by Gasteiger charge is -2.29. The topological polar surface area (TPSA) is 68.7 Å². The normalized spacial score (nSPS) is 13.0. The summed E-state index contributed by atoms with van der Waals surface area (Å²) in [5.74, 6) is 0.183. The zero-order valence-corrected chi connectivity index (χ0v) is 16.7. The molecule has 0 unspecified atom stereocenters. The molecule has 6 heteroatoms. The van der Waals surface area contributed by atoms with Crippen LogP contribution >= 0.6 is 0 Å². The van der Waals surface area contributed by atoms with E-state index in [9.17, 15) is 9.59 Å². The van der Waals surface area contributed by atoms with Gasteiger partial charge >= 0.3 is 5.97 Å². The van der Waals surface area contributed by atoms with Crippen molar-refractivity contribution >= 4 is 11.9 Å². The van der Waals surface area contributed by atoms with Crippen molar-refractivity contribution in [1.29, 1.82) is 0 Å². The average Bonchev–Trinajstić information content (AvgIpc) is 2.80. The van der Waals surface area contributed by atoms with E-state index in [4.69, 9.17) is 9.47 Å². The Hall–Kier alpha value is -3.67. The molecule has 1 aliphatic heterocycles. The van der Waals surface area contributed by atoms with Gasteiger partial charge in [-0.15, -0.1) is 0 Å². The van der Waals surface area contributed by atoms with Gasteiger partial charge in [0, 0.05) is 36.6 Å². The van der Waals surface area contributed by atoms with Crippen molar-refractivity contribution < 1.29 is 19.1 Å². The Balaban J connectivity index is 1.49. The van der Waals surface area contributed by atoms with Gasteiger partial charge in [-0.25, -0.2) is 4.79 Å². The van der Waals surface area contributed by atoms with Crippen LogP contribution in [0.2, 0.25) is 0 Å². The van der Waals surface area contributed by atoms with Crippen LogP contribution in [-0.4, -0.2) is 35.4 Å². The molecular formula is C24H22N2O4. The molecule has 0 N–H and O–H groups in total. The number of hydrogen-bond acceptors (Lipinski definition) is 5. The Morgan fingerprint density at radius 2 is 1.90 bits per heavy atom. The second kappa shape index (κ2) is 8.78. The van der Waals surface area contributed by atoms with E-state index in [1.807, 2.05) is 41.3 Å². The quantitative estimate of drug-likeness (QED) is 0.589. The Morgan fingerprint density at radius 3 is 2.70 bits per heavy atom. The van der Waals surface area contributed by atoms with Gasteiger partial charge in [0.1, 0.15) is 12.4 Å². The van der Waals surface area contributed by atoms with Crippen molar-refractivity contribution in [2.45, 2.75) is 19.6 Å². The van der Waals surface area contributed by atoms with Crippen LogP contribution in [0.1, 0.15) is 37.4 Å². The summed E-state index contributed by atoms with van der Waals surface area (Å²) in [5.41, 5.74) is 3.93. The summed E-state index contributed by atoms with van der Waals surface area (Å²) < 4.78 is 10.7. The Bertz CT molecular complexity index is 1070. The summed E-state index contributed by atoms with van der Waals surface area (Å²) >= 11 is 0. The van der Waals surface area contributed by atoms with E-state index < -0.39 is 5.97 Å². The highest BCUT2D eigenvalue weighted by Gasteiger charge is 2.25. The Kier molecular flexibility index (Phi) is 5.75. The molecule has 0 fully saturated rings. The minimum atomic E-state index is -0.401. The fourth-order valence-corrected chi connectivity index (χ4v) is 3.57. The van der Waals surface area contributed by atoms with Crippen molar-refractivity contribution in [1.82, 2.24) is 9.88 Å². The molecule has 30 heavy (non-hydrogen) atoms. The van der Waals surface area contributed by atoms with Crippen LogP contribution in [0, 0.1) is 0 Å². The number of ether oxygens (including phenoxy) is 2. The molecular weight excluding hydrogens is 380 g/mol. The number of fused-ring (bicyclic) bond motifs is 1. The number of carbonyl (C=O) groups excluding carboxylic acids is 2. The molecule has 0 saturated carbocycles. The van der Waals surface area contributed by atoms with Crippen LogP contribution in [0.25, 0.3) is 0 Å². The first-order valence-electron chi connectivity index (χ1n) is 9.76. The first kappa shape index (κ1) is 19.6. The number of amides is 1. The van der Waals surface area contributed by atoms with Crippen molar-refractivity contribution in [3.63, 3.8) is 0 Å². The number of esters is 1. The van der Waals surface area contributed by atoms with Crippen LogP contribution in [-0.2, 0) is 24.3 Å². The van der Waals surface area contributed by atoms with E-state index in [1.165, 1.54) is 7.11 Å². The van der Waals surface area contributed by atoms with E-state index in [0.717, 1.165) is 23.1 Å². The lowest BCUT2D eigenvalue weighted by molar-refractivity contribution is 0.0597. The van der Waals surface area contributed by atoms with Crippen molar-refractivity contribution in [3.8, 4) is 5.75 Å². The summed E-state index contributed by atoms with van der Waals surface area (Å²) in [7, 11) is 1.35. The maximum Gasteiger partial charge on any atom is 0.338 e. The number of benzene rings is 2. The Labute approximate surface area is 175 Å². The van der Waals surface area contributed by atoms with Crippen molar-refractivity contribution in [3.05, 3.63) is 94.8 Å². The highest BCUT2D eigenvalue weighted by Crippen LogP contribution is 2.26. The molecule has 4 rings (SSSR count). The molecule has 0 aliphatic carbocycles. The largest absolute Gasteiger partial charge is 0.489 e. The zero-order valence-electron chi connectivity index (χ0n) is 16.7. The lowest BCUT2D eigenvalue weighted by atomic mass is 9.98. The maximum atomic E-state index is 13.0. The van der Waals surface area contributed by atoms with Crippen LogP contribution in [0.15, 0.2) is 67.0 Å². The molecule has 0 radical (unpaired) electrons. The smallest absolute Gasteiger partial charge is 0.338 e. The number of nitrogens with zero attached hydrogens (tertiary/aromatic N) is 2. The molecule has 1 aromatic heterocycles. The van der Waals surface area contributed by atoms with Crippen LogP contribution in [0.3, 0.4) is 0 Å². The number of rotatable bonds is 6. The third-order valence-electron chi connectivity index (χ3n) is 5.19. The molecule has 152 valence electrons. The summed E-state index contributed by atoms with van der Waals surface area (Å²) in [4.78, 5) is 30.8. The van der Waals surface area contributed by atoms with Crippen LogP contribution < -0.4 is 4.74 Å². The highest BCUT2D eigenvalue weighted by atomic mass is 16.5. The van der Waals surface area contributed by atoms with E-state index in [-0.39, 0.29) is 12.5 Å². The first-order chi connectivity index (χ1) is 14.7. The van der Waals surface area contributed by atoms with Gasteiger partial charge in [0.15, 0.2) is 0 Å². The number of aromatic nitrogens is 1. The molecule has 0 spiro atoms. The second-order valence-electron chi connectivity index (χ2n) is 7.09. The van der Waals surface area contributed by atoms with Gasteiger partial charge in [-0.3, -0.25) is 9.78 Å². The van der Waals surface area contributed by atoms with Gasteiger partial charge in [0.25, 0.3) is 5.91 Å². The zero-order chi connectivity index (χ0) is 20.9. The molecule has 0 bridgehead atoms. The first-order valence-corrected chi connectivity index (χ1v) is 9.76. The van der Waals surface area contributed by atoms with Crippen LogP contribution in [0.5, 0.6) is 5.75 Å².